The highest BCUT2D eigenvalue weighted by atomic mass is 32.2. The van der Waals surface area contributed by atoms with Crippen LogP contribution in [0, 0.1) is 0 Å². The number of aromatic nitrogens is 2. The van der Waals surface area contributed by atoms with Crippen LogP contribution in [0.3, 0.4) is 0 Å². The predicted octanol–water partition coefficient (Wildman–Crippen LogP) is 1.11. The molecule has 3 N–H and O–H groups in total. The summed E-state index contributed by atoms with van der Waals surface area (Å²) in [4.78, 5) is 16.3. The van der Waals surface area contributed by atoms with Gasteiger partial charge in [0.2, 0.25) is 5.91 Å². The number of thioether (sulfide) groups is 1. The van der Waals surface area contributed by atoms with E-state index >= 15 is 0 Å². The van der Waals surface area contributed by atoms with Crippen molar-refractivity contribution in [3.8, 4) is 0 Å². The Bertz CT molecular complexity index is 584. The smallest absolute Gasteiger partial charge is 0.243 e. The van der Waals surface area contributed by atoms with E-state index in [4.69, 9.17) is 5.73 Å². The number of primary amides is 1. The second-order valence-electron chi connectivity index (χ2n) is 4.50. The van der Waals surface area contributed by atoms with Crippen LogP contribution in [0.2, 0.25) is 0 Å². The van der Waals surface area contributed by atoms with Crippen LogP contribution >= 0.6 is 11.8 Å². The maximum Gasteiger partial charge on any atom is 0.243 e. The van der Waals surface area contributed by atoms with Crippen LogP contribution in [0.1, 0.15) is 5.56 Å². The third-order valence-electron chi connectivity index (χ3n) is 3.31. The van der Waals surface area contributed by atoms with Crippen LogP contribution in [-0.2, 0) is 17.4 Å². The number of carbonyl (C=O) groups is 1. The first kappa shape index (κ1) is 14.6. The van der Waals surface area contributed by atoms with E-state index in [9.17, 15) is 4.79 Å². The monoisotopic (exact) mass is 290 g/mol. The number of nitrogens with one attached hydrogen (secondary N) is 1. The Morgan fingerprint density at radius 1 is 1.45 bits per heavy atom. The van der Waals surface area contributed by atoms with E-state index in [0.29, 0.717) is 5.75 Å². The minimum Gasteiger partial charge on any atom is -0.368 e. The minimum absolute atomic E-state index is 0.395. The summed E-state index contributed by atoms with van der Waals surface area (Å²) in [7, 11) is 3.67. The van der Waals surface area contributed by atoms with Gasteiger partial charge in [-0.25, -0.2) is 4.98 Å². The van der Waals surface area contributed by atoms with Gasteiger partial charge in [0.15, 0.2) is 5.16 Å². The molecule has 0 saturated heterocycles. The van der Waals surface area contributed by atoms with Gasteiger partial charge in [0.05, 0.1) is 0 Å². The lowest BCUT2D eigenvalue weighted by atomic mass is 9.91. The SMILES string of the molecule is CNC(CSc1nccn1C)(C(N)=O)c1ccccc1. The van der Waals surface area contributed by atoms with Gasteiger partial charge < -0.3 is 15.6 Å². The summed E-state index contributed by atoms with van der Waals surface area (Å²) >= 11 is 1.50. The molecule has 0 aliphatic carbocycles. The first-order chi connectivity index (χ1) is 9.60. The molecule has 6 heteroatoms. The number of carbonyl (C=O) groups excluding carboxylic acids is 1. The molecule has 2 aromatic rings. The molecule has 2 rings (SSSR count). The molecular weight excluding hydrogens is 272 g/mol. The molecule has 0 aliphatic heterocycles. The maximum atomic E-state index is 12.0. The molecule has 0 aliphatic rings. The Balaban J connectivity index is 2.29. The van der Waals surface area contributed by atoms with Gasteiger partial charge in [0.1, 0.15) is 5.54 Å². The highest BCUT2D eigenvalue weighted by molar-refractivity contribution is 7.99. The number of hydrogen-bond donors (Lipinski definition) is 2. The van der Waals surface area contributed by atoms with Crippen molar-refractivity contribution in [1.29, 1.82) is 0 Å². The van der Waals surface area contributed by atoms with E-state index < -0.39 is 11.4 Å². The number of amides is 1. The van der Waals surface area contributed by atoms with Crippen LogP contribution in [0.4, 0.5) is 0 Å². The Morgan fingerprint density at radius 2 is 2.15 bits per heavy atom. The fraction of sp³-hybridized carbons (Fsp3) is 0.286. The van der Waals surface area contributed by atoms with Crippen LogP contribution in [0.15, 0.2) is 47.9 Å². The Morgan fingerprint density at radius 3 is 2.65 bits per heavy atom. The van der Waals surface area contributed by atoms with Gasteiger partial charge in [-0.15, -0.1) is 0 Å². The van der Waals surface area contributed by atoms with Crippen molar-refractivity contribution >= 4 is 17.7 Å². The summed E-state index contributed by atoms with van der Waals surface area (Å²) in [6.45, 7) is 0. The molecule has 5 nitrogen and oxygen atoms in total. The molecule has 0 radical (unpaired) electrons. The summed E-state index contributed by atoms with van der Waals surface area (Å²) in [6, 6.07) is 9.52. The maximum absolute atomic E-state index is 12.0. The third kappa shape index (κ3) is 2.71. The topological polar surface area (TPSA) is 72.9 Å². The van der Waals surface area contributed by atoms with Crippen molar-refractivity contribution < 1.29 is 4.79 Å². The van der Waals surface area contributed by atoms with E-state index in [1.54, 1.807) is 13.2 Å². The molecule has 0 bridgehead atoms. The zero-order chi connectivity index (χ0) is 14.6. The first-order valence-corrected chi connectivity index (χ1v) is 7.23. The molecule has 0 spiro atoms. The molecule has 1 atom stereocenters. The lowest BCUT2D eigenvalue weighted by Gasteiger charge is -2.30. The number of hydrogen-bond acceptors (Lipinski definition) is 4. The van der Waals surface area contributed by atoms with Gasteiger partial charge in [0.25, 0.3) is 0 Å². The quantitative estimate of drug-likeness (QED) is 0.782. The van der Waals surface area contributed by atoms with Crippen molar-refractivity contribution in [1.82, 2.24) is 14.9 Å². The average Bonchev–Trinajstić information content (AvgIpc) is 2.86. The van der Waals surface area contributed by atoms with Crippen LogP contribution < -0.4 is 11.1 Å². The van der Waals surface area contributed by atoms with E-state index in [2.05, 4.69) is 10.3 Å². The van der Waals surface area contributed by atoms with Crippen molar-refractivity contribution in [3.05, 3.63) is 48.3 Å². The molecule has 1 heterocycles. The molecule has 1 aromatic heterocycles. The van der Waals surface area contributed by atoms with E-state index in [-0.39, 0.29) is 0 Å². The van der Waals surface area contributed by atoms with Crippen LogP contribution in [0.5, 0.6) is 0 Å². The molecule has 0 fully saturated rings. The Kier molecular flexibility index (Phi) is 4.46. The zero-order valence-electron chi connectivity index (χ0n) is 11.5. The van der Waals surface area contributed by atoms with Crippen molar-refractivity contribution in [2.45, 2.75) is 10.7 Å². The van der Waals surface area contributed by atoms with E-state index in [0.717, 1.165) is 10.7 Å². The number of benzene rings is 1. The summed E-state index contributed by atoms with van der Waals surface area (Å²) in [5.41, 5.74) is 5.60. The van der Waals surface area contributed by atoms with Gasteiger partial charge in [-0.2, -0.15) is 0 Å². The second kappa shape index (κ2) is 6.11. The van der Waals surface area contributed by atoms with Crippen LogP contribution in [-0.4, -0.2) is 28.3 Å². The summed E-state index contributed by atoms with van der Waals surface area (Å²) in [6.07, 6.45) is 3.60. The standard InChI is InChI=1S/C14H18N4OS/c1-16-14(12(15)19,11-6-4-3-5-7-11)10-20-13-17-8-9-18(13)2/h3-9,16H,10H2,1-2H3,(H2,15,19). The number of nitrogens with zero attached hydrogens (tertiary/aromatic N) is 2. The number of imidazole rings is 1. The minimum atomic E-state index is -0.905. The molecule has 20 heavy (non-hydrogen) atoms. The zero-order valence-corrected chi connectivity index (χ0v) is 12.4. The second-order valence-corrected chi connectivity index (χ2v) is 5.44. The largest absolute Gasteiger partial charge is 0.368 e. The lowest BCUT2D eigenvalue weighted by Crippen LogP contribution is -2.53. The molecule has 106 valence electrons. The Labute approximate surface area is 122 Å². The molecular formula is C14H18N4OS. The van der Waals surface area contributed by atoms with Crippen molar-refractivity contribution in [2.24, 2.45) is 12.8 Å². The summed E-state index contributed by atoms with van der Waals surface area (Å²) in [5, 5.41) is 3.93. The van der Waals surface area contributed by atoms with Crippen LogP contribution in [0.25, 0.3) is 0 Å². The third-order valence-corrected chi connectivity index (χ3v) is 4.54. The fourth-order valence-corrected chi connectivity index (χ4v) is 3.22. The average molecular weight is 290 g/mol. The predicted molar refractivity (Wildman–Crippen MR) is 80.3 cm³/mol. The molecule has 1 amide bonds. The number of nitrogens with two attached hydrogens (primary N) is 1. The highest BCUT2D eigenvalue weighted by Gasteiger charge is 2.37. The van der Waals surface area contributed by atoms with Crippen molar-refractivity contribution in [3.63, 3.8) is 0 Å². The lowest BCUT2D eigenvalue weighted by molar-refractivity contribution is -0.123. The summed E-state index contributed by atoms with van der Waals surface area (Å²) in [5.74, 6) is 0.0844. The molecule has 1 aromatic carbocycles. The first-order valence-electron chi connectivity index (χ1n) is 6.24. The highest BCUT2D eigenvalue weighted by Crippen LogP contribution is 2.28. The van der Waals surface area contributed by atoms with E-state index in [1.807, 2.05) is 48.1 Å². The fourth-order valence-electron chi connectivity index (χ4n) is 2.02. The summed E-state index contributed by atoms with van der Waals surface area (Å²) < 4.78 is 1.91. The molecule has 1 unspecified atom stereocenters. The van der Waals surface area contributed by atoms with E-state index in [1.165, 1.54) is 11.8 Å². The normalized spacial score (nSPS) is 13.9. The number of likely N-dealkylation sites (N-methyl/N-ethyl adjacent to an activating group) is 1. The van der Waals surface area contributed by atoms with Gasteiger partial charge in [0, 0.05) is 25.2 Å². The van der Waals surface area contributed by atoms with Gasteiger partial charge in [-0.05, 0) is 12.6 Å². The number of rotatable bonds is 6. The van der Waals surface area contributed by atoms with Gasteiger partial charge >= 0.3 is 0 Å². The van der Waals surface area contributed by atoms with Gasteiger partial charge in [-0.1, -0.05) is 42.1 Å². The molecule has 0 saturated carbocycles. The van der Waals surface area contributed by atoms with Crippen molar-refractivity contribution in [2.75, 3.05) is 12.8 Å². The number of aryl methyl sites for hydroxylation is 1. The Hall–Kier alpha value is -1.79. The van der Waals surface area contributed by atoms with Gasteiger partial charge in [-0.3, -0.25) is 4.79 Å².